The van der Waals surface area contributed by atoms with Gasteiger partial charge < -0.3 is 24.6 Å². The van der Waals surface area contributed by atoms with E-state index in [2.05, 4.69) is 33.0 Å². The van der Waals surface area contributed by atoms with Crippen molar-refractivity contribution in [2.24, 2.45) is 0 Å². The zero-order valence-corrected chi connectivity index (χ0v) is 22.2. The van der Waals surface area contributed by atoms with Crippen LogP contribution in [0.15, 0.2) is 54.9 Å². The summed E-state index contributed by atoms with van der Waals surface area (Å²) in [6.45, 7) is 3.29. The van der Waals surface area contributed by atoms with Gasteiger partial charge in [-0.25, -0.2) is 9.97 Å². The number of ether oxygens (including phenoxy) is 1. The minimum absolute atomic E-state index is 0.0191. The molecule has 1 aliphatic heterocycles. The number of nitrogens with one attached hydrogen (secondary N) is 1. The maximum absolute atomic E-state index is 13.0. The number of H-pyrrole nitrogens is 1. The zero-order valence-electron chi connectivity index (χ0n) is 22.2. The normalized spacial score (nSPS) is 20.3. The van der Waals surface area contributed by atoms with Gasteiger partial charge in [0.15, 0.2) is 0 Å². The first-order chi connectivity index (χ1) is 19.0. The SMILES string of the molecule is CN1CCN(C(=O)c2cc3cc(Cc4nccc(-c5cc(OC6CCCC(O)C6)ccn5)n4)ccc3[nH]2)CC1. The first-order valence-electron chi connectivity index (χ1n) is 13.7. The van der Waals surface area contributed by atoms with Gasteiger partial charge >= 0.3 is 0 Å². The van der Waals surface area contributed by atoms with Gasteiger partial charge in [-0.05, 0) is 62.2 Å². The van der Waals surface area contributed by atoms with E-state index in [9.17, 15) is 9.90 Å². The first-order valence-corrected chi connectivity index (χ1v) is 13.7. The maximum Gasteiger partial charge on any atom is 0.270 e. The van der Waals surface area contributed by atoms with Gasteiger partial charge in [0, 0.05) is 68.4 Å². The number of hydrogen-bond acceptors (Lipinski definition) is 7. The number of aliphatic hydroxyl groups excluding tert-OH is 1. The first kappa shape index (κ1) is 25.5. The summed E-state index contributed by atoms with van der Waals surface area (Å²) in [7, 11) is 2.08. The van der Waals surface area contributed by atoms with Crippen molar-refractivity contribution in [3.63, 3.8) is 0 Å². The van der Waals surface area contributed by atoms with Crippen molar-refractivity contribution in [3.8, 4) is 17.1 Å². The van der Waals surface area contributed by atoms with Gasteiger partial charge in [0.05, 0.1) is 17.5 Å². The van der Waals surface area contributed by atoms with E-state index in [4.69, 9.17) is 9.72 Å². The van der Waals surface area contributed by atoms with E-state index >= 15 is 0 Å². The van der Waals surface area contributed by atoms with Crippen molar-refractivity contribution in [1.29, 1.82) is 0 Å². The highest BCUT2D eigenvalue weighted by Gasteiger charge is 2.23. The van der Waals surface area contributed by atoms with Crippen molar-refractivity contribution >= 4 is 16.8 Å². The molecule has 1 aliphatic carbocycles. The standard InChI is InChI=1S/C30H34N6O3/c1-35-11-13-36(14-12-35)30(38)28-17-21-15-20(5-6-25(21)33-28)16-29-32-10-8-26(34-29)27-19-24(7-9-31-27)39-23-4-2-3-22(37)18-23/h5-10,15,17,19,22-23,33,37H,2-4,11-14,16,18H2,1H3. The number of nitrogens with zero attached hydrogens (tertiary/aromatic N) is 5. The molecule has 1 saturated carbocycles. The number of likely N-dealkylation sites (N-methyl/N-ethyl adjacent to an activating group) is 1. The fraction of sp³-hybridized carbons (Fsp3) is 0.400. The molecule has 202 valence electrons. The van der Waals surface area contributed by atoms with Gasteiger partial charge in [0.1, 0.15) is 23.4 Å². The van der Waals surface area contributed by atoms with Gasteiger partial charge in [0.25, 0.3) is 5.91 Å². The number of amides is 1. The van der Waals surface area contributed by atoms with E-state index in [1.54, 1.807) is 12.4 Å². The van der Waals surface area contributed by atoms with E-state index < -0.39 is 0 Å². The summed E-state index contributed by atoms with van der Waals surface area (Å²) in [5.41, 5.74) is 4.09. The van der Waals surface area contributed by atoms with Gasteiger partial charge in [-0.15, -0.1) is 0 Å². The summed E-state index contributed by atoms with van der Waals surface area (Å²) in [5.74, 6) is 1.48. The lowest BCUT2D eigenvalue weighted by atomic mass is 9.95. The van der Waals surface area contributed by atoms with Crippen molar-refractivity contribution in [1.82, 2.24) is 29.7 Å². The molecule has 0 bridgehead atoms. The molecule has 2 N–H and O–H groups in total. The van der Waals surface area contributed by atoms with Crippen molar-refractivity contribution < 1.29 is 14.6 Å². The van der Waals surface area contributed by atoms with E-state index in [-0.39, 0.29) is 18.1 Å². The number of pyridine rings is 1. The third-order valence-electron chi connectivity index (χ3n) is 7.67. The Kier molecular flexibility index (Phi) is 7.26. The summed E-state index contributed by atoms with van der Waals surface area (Å²) in [5, 5.41) is 11.0. The fourth-order valence-corrected chi connectivity index (χ4v) is 5.44. The number of benzene rings is 1. The fourth-order valence-electron chi connectivity index (χ4n) is 5.44. The average Bonchev–Trinajstić information content (AvgIpc) is 3.37. The highest BCUT2D eigenvalue weighted by atomic mass is 16.5. The molecule has 0 spiro atoms. The highest BCUT2D eigenvalue weighted by Crippen LogP contribution is 2.26. The van der Waals surface area contributed by atoms with E-state index in [0.717, 1.165) is 79.0 Å². The Bertz CT molecular complexity index is 1460. The second-order valence-electron chi connectivity index (χ2n) is 10.7. The molecule has 3 aromatic heterocycles. The molecule has 9 heteroatoms. The van der Waals surface area contributed by atoms with Gasteiger partial charge in [0.2, 0.25) is 0 Å². The Hall–Kier alpha value is -3.82. The van der Waals surface area contributed by atoms with Crippen molar-refractivity contribution in [2.75, 3.05) is 33.2 Å². The number of aliphatic hydroxyl groups is 1. The second-order valence-corrected chi connectivity index (χ2v) is 10.7. The number of rotatable bonds is 6. The summed E-state index contributed by atoms with van der Waals surface area (Å²) >= 11 is 0. The van der Waals surface area contributed by atoms with Crippen LogP contribution in [0.3, 0.4) is 0 Å². The molecule has 4 aromatic rings. The molecule has 1 saturated heterocycles. The number of aromatic amines is 1. The Morgan fingerprint density at radius 3 is 2.72 bits per heavy atom. The van der Waals surface area contributed by atoms with Gasteiger partial charge in [-0.3, -0.25) is 9.78 Å². The molecule has 2 fully saturated rings. The Morgan fingerprint density at radius 2 is 1.87 bits per heavy atom. The molecule has 2 unspecified atom stereocenters. The van der Waals surface area contributed by atoms with E-state index in [1.165, 1.54) is 0 Å². The van der Waals surface area contributed by atoms with Gasteiger partial charge in [-0.1, -0.05) is 6.07 Å². The molecular weight excluding hydrogens is 492 g/mol. The molecule has 2 atom stereocenters. The van der Waals surface area contributed by atoms with Crippen LogP contribution in [0, 0.1) is 0 Å². The maximum atomic E-state index is 13.0. The largest absolute Gasteiger partial charge is 0.490 e. The molecular formula is C30H34N6O3. The predicted molar refractivity (Wildman–Crippen MR) is 149 cm³/mol. The number of carbonyl (C=O) groups is 1. The minimum Gasteiger partial charge on any atom is -0.490 e. The van der Waals surface area contributed by atoms with Crippen LogP contribution in [0.25, 0.3) is 22.3 Å². The smallest absolute Gasteiger partial charge is 0.270 e. The topological polar surface area (TPSA) is 107 Å². The van der Waals surface area contributed by atoms with Crippen LogP contribution in [0.1, 0.15) is 47.6 Å². The molecule has 4 heterocycles. The number of aromatic nitrogens is 4. The van der Waals surface area contributed by atoms with E-state index in [1.807, 2.05) is 41.3 Å². The van der Waals surface area contributed by atoms with Crippen LogP contribution in [-0.4, -0.2) is 86.2 Å². The molecule has 1 aromatic carbocycles. The quantitative estimate of drug-likeness (QED) is 0.395. The average molecular weight is 527 g/mol. The summed E-state index contributed by atoms with van der Waals surface area (Å²) < 4.78 is 6.14. The van der Waals surface area contributed by atoms with Crippen molar-refractivity contribution in [3.05, 3.63) is 71.9 Å². The van der Waals surface area contributed by atoms with Gasteiger partial charge in [-0.2, -0.15) is 0 Å². The molecule has 1 amide bonds. The molecule has 9 nitrogen and oxygen atoms in total. The summed E-state index contributed by atoms with van der Waals surface area (Å²) in [4.78, 5) is 34.2. The van der Waals surface area contributed by atoms with Crippen LogP contribution < -0.4 is 4.74 Å². The molecule has 6 rings (SSSR count). The summed E-state index contributed by atoms with van der Waals surface area (Å²) in [6, 6.07) is 13.7. The number of carbonyl (C=O) groups excluding carboxylic acids is 1. The van der Waals surface area contributed by atoms with Crippen LogP contribution in [-0.2, 0) is 6.42 Å². The lowest BCUT2D eigenvalue weighted by Crippen LogP contribution is -2.47. The van der Waals surface area contributed by atoms with Crippen LogP contribution in [0.5, 0.6) is 5.75 Å². The molecule has 39 heavy (non-hydrogen) atoms. The molecule has 2 aliphatic rings. The monoisotopic (exact) mass is 526 g/mol. The predicted octanol–water partition coefficient (Wildman–Crippen LogP) is 3.68. The molecule has 0 radical (unpaired) electrons. The Morgan fingerprint density at radius 1 is 1.03 bits per heavy atom. The van der Waals surface area contributed by atoms with Crippen LogP contribution in [0.4, 0.5) is 0 Å². The Balaban J connectivity index is 1.16. The summed E-state index contributed by atoms with van der Waals surface area (Å²) in [6.07, 6.45) is 7.20. The second kappa shape index (κ2) is 11.1. The van der Waals surface area contributed by atoms with Crippen molar-refractivity contribution in [2.45, 2.75) is 44.3 Å². The highest BCUT2D eigenvalue weighted by molar-refractivity contribution is 5.98. The zero-order chi connectivity index (χ0) is 26.8. The number of hydrogen-bond donors (Lipinski definition) is 2. The Labute approximate surface area is 227 Å². The third-order valence-corrected chi connectivity index (χ3v) is 7.67. The number of piperazine rings is 1. The minimum atomic E-state index is -0.288. The van der Waals surface area contributed by atoms with Crippen LogP contribution in [0.2, 0.25) is 0 Å². The lowest BCUT2D eigenvalue weighted by Gasteiger charge is -2.32. The number of fused-ring (bicyclic) bond motifs is 1. The van der Waals surface area contributed by atoms with Crippen LogP contribution >= 0.6 is 0 Å². The van der Waals surface area contributed by atoms with E-state index in [0.29, 0.717) is 24.4 Å². The third kappa shape index (κ3) is 5.94. The lowest BCUT2D eigenvalue weighted by molar-refractivity contribution is 0.0536.